The summed E-state index contributed by atoms with van der Waals surface area (Å²) in [6.45, 7) is 3.91. The predicted molar refractivity (Wildman–Crippen MR) is 55.1 cm³/mol. The number of hydrogen-bond donors (Lipinski definition) is 0. The largest absolute Gasteiger partial charge is 0.461 e. The zero-order valence-corrected chi connectivity index (χ0v) is 9.16. The maximum atomic E-state index is 11.9. The Morgan fingerprint density at radius 1 is 1.40 bits per heavy atom. The number of carbonyl (C=O) groups excluding carboxylic acids is 2. The Kier molecular flexibility index (Phi) is 2.63. The Balaban J connectivity index is 2.31. The van der Waals surface area contributed by atoms with E-state index in [-0.39, 0.29) is 23.8 Å². The molecule has 3 rings (SSSR count). The molecule has 3 nitrogen and oxygen atoms in total. The number of esters is 1. The summed E-state index contributed by atoms with van der Waals surface area (Å²) in [5.74, 6) is -0.951. The first kappa shape index (κ1) is 10.4. The van der Waals surface area contributed by atoms with Gasteiger partial charge in [0.05, 0.1) is 5.92 Å². The first-order chi connectivity index (χ1) is 7.09. The van der Waals surface area contributed by atoms with E-state index in [1.54, 1.807) is 0 Å². The molecule has 0 saturated carbocycles. The van der Waals surface area contributed by atoms with Gasteiger partial charge in [-0.15, -0.1) is 0 Å². The number of ether oxygens (including phenoxy) is 1. The van der Waals surface area contributed by atoms with E-state index in [1.807, 2.05) is 19.9 Å². The van der Waals surface area contributed by atoms with E-state index < -0.39 is 5.92 Å². The van der Waals surface area contributed by atoms with E-state index in [0.717, 1.165) is 12.8 Å². The number of rotatable bonds is 0. The Bertz CT molecular complexity index is 330. The third-order valence-corrected chi connectivity index (χ3v) is 3.43. The van der Waals surface area contributed by atoms with Gasteiger partial charge in [-0.1, -0.05) is 18.6 Å². The molecular formula is C12H16O3. The third kappa shape index (κ3) is 1.83. The number of allylic oxidation sites excluding steroid dienone is 2. The number of fused-ring (bicyclic) bond motifs is 5. The Morgan fingerprint density at radius 3 is 2.87 bits per heavy atom. The smallest absolute Gasteiger partial charge is 0.317 e. The van der Waals surface area contributed by atoms with Crippen molar-refractivity contribution in [2.45, 2.75) is 39.2 Å². The summed E-state index contributed by atoms with van der Waals surface area (Å²) in [4.78, 5) is 23.5. The second kappa shape index (κ2) is 3.80. The summed E-state index contributed by atoms with van der Waals surface area (Å²) in [5, 5.41) is 0. The van der Waals surface area contributed by atoms with Gasteiger partial charge in [0.25, 0.3) is 0 Å². The van der Waals surface area contributed by atoms with Crippen molar-refractivity contribution in [3.05, 3.63) is 11.6 Å². The van der Waals surface area contributed by atoms with E-state index in [9.17, 15) is 9.59 Å². The van der Waals surface area contributed by atoms with Crippen LogP contribution in [0, 0.1) is 11.8 Å². The maximum Gasteiger partial charge on any atom is 0.317 e. The van der Waals surface area contributed by atoms with Crippen LogP contribution in [0.4, 0.5) is 0 Å². The quantitative estimate of drug-likeness (QED) is 0.347. The number of hydrogen-bond acceptors (Lipinski definition) is 3. The van der Waals surface area contributed by atoms with Crippen LogP contribution >= 0.6 is 0 Å². The minimum absolute atomic E-state index is 0.0576. The molecule has 1 fully saturated rings. The second-order valence-corrected chi connectivity index (χ2v) is 4.54. The van der Waals surface area contributed by atoms with Crippen molar-refractivity contribution in [2.75, 3.05) is 0 Å². The minimum atomic E-state index is -0.552. The van der Waals surface area contributed by atoms with E-state index >= 15 is 0 Å². The molecule has 0 aromatic heterocycles. The molecule has 2 heterocycles. The highest BCUT2D eigenvalue weighted by Crippen LogP contribution is 2.30. The highest BCUT2D eigenvalue weighted by molar-refractivity contribution is 6.02. The lowest BCUT2D eigenvalue weighted by atomic mass is 9.85. The molecule has 15 heavy (non-hydrogen) atoms. The standard InChI is InChI=1S/C12H16O3/c1-7-3-5-9-11(13)8(2)10(6-4-7)15-12(9)14/h3,8-10H,4-6H2,1-2H3/b7-3-/t8-,9+,10-/m1/s1. The zero-order valence-electron chi connectivity index (χ0n) is 9.16. The highest BCUT2D eigenvalue weighted by Gasteiger charge is 2.42. The molecule has 0 aromatic rings. The Labute approximate surface area is 89.5 Å². The van der Waals surface area contributed by atoms with Crippen LogP contribution in [-0.2, 0) is 14.3 Å². The Morgan fingerprint density at radius 2 is 2.13 bits per heavy atom. The van der Waals surface area contributed by atoms with Crippen molar-refractivity contribution in [2.24, 2.45) is 11.8 Å². The Hall–Kier alpha value is -1.12. The fraction of sp³-hybridized carbons (Fsp3) is 0.667. The van der Waals surface area contributed by atoms with Crippen LogP contribution in [0.1, 0.15) is 33.1 Å². The molecule has 3 atom stereocenters. The van der Waals surface area contributed by atoms with Gasteiger partial charge in [-0.2, -0.15) is 0 Å². The van der Waals surface area contributed by atoms with Crippen molar-refractivity contribution in [3.63, 3.8) is 0 Å². The molecule has 0 amide bonds. The van der Waals surface area contributed by atoms with Gasteiger partial charge >= 0.3 is 5.97 Å². The molecule has 2 aliphatic heterocycles. The van der Waals surface area contributed by atoms with Crippen LogP contribution in [0.3, 0.4) is 0 Å². The first-order valence-electron chi connectivity index (χ1n) is 5.49. The molecule has 82 valence electrons. The fourth-order valence-electron chi connectivity index (χ4n) is 2.26. The molecule has 1 saturated heterocycles. The second-order valence-electron chi connectivity index (χ2n) is 4.54. The molecule has 0 radical (unpaired) electrons. The predicted octanol–water partition coefficient (Wildman–Crippen LogP) is 1.86. The summed E-state index contributed by atoms with van der Waals surface area (Å²) < 4.78 is 5.31. The average Bonchev–Trinajstić information content (AvgIpc) is 2.29. The molecular weight excluding hydrogens is 192 g/mol. The summed E-state index contributed by atoms with van der Waals surface area (Å²) >= 11 is 0. The van der Waals surface area contributed by atoms with Crippen molar-refractivity contribution < 1.29 is 14.3 Å². The molecule has 0 unspecified atom stereocenters. The van der Waals surface area contributed by atoms with Crippen molar-refractivity contribution in [1.29, 1.82) is 0 Å². The van der Waals surface area contributed by atoms with E-state index in [4.69, 9.17) is 4.74 Å². The SMILES string of the molecule is C/C1=C/C[C@@H]2C(=O)O[C@H](CC1)[C@@H](C)C2=O. The molecule has 1 aliphatic carbocycles. The number of ketones is 1. The van der Waals surface area contributed by atoms with E-state index in [1.165, 1.54) is 5.57 Å². The topological polar surface area (TPSA) is 43.4 Å². The van der Waals surface area contributed by atoms with Gasteiger partial charge in [-0.3, -0.25) is 9.59 Å². The zero-order chi connectivity index (χ0) is 11.0. The summed E-state index contributed by atoms with van der Waals surface area (Å²) in [6, 6.07) is 0. The summed E-state index contributed by atoms with van der Waals surface area (Å²) in [5.41, 5.74) is 1.25. The number of Topliss-reactive ketones (excluding diaryl/α,β-unsaturated/α-hetero) is 1. The van der Waals surface area contributed by atoms with Crippen LogP contribution < -0.4 is 0 Å². The number of carbonyl (C=O) groups is 2. The minimum Gasteiger partial charge on any atom is -0.461 e. The lowest BCUT2D eigenvalue weighted by Gasteiger charge is -2.31. The van der Waals surface area contributed by atoms with Gasteiger partial charge in [0.2, 0.25) is 0 Å². The first-order valence-corrected chi connectivity index (χ1v) is 5.49. The van der Waals surface area contributed by atoms with Crippen LogP contribution in [0.15, 0.2) is 11.6 Å². The highest BCUT2D eigenvalue weighted by atomic mass is 16.5. The van der Waals surface area contributed by atoms with Crippen LogP contribution in [0.25, 0.3) is 0 Å². The normalized spacial score (nSPS) is 39.9. The van der Waals surface area contributed by atoms with Crippen LogP contribution in [-0.4, -0.2) is 17.9 Å². The van der Waals surface area contributed by atoms with Gasteiger partial charge < -0.3 is 4.74 Å². The van der Waals surface area contributed by atoms with Crippen molar-refractivity contribution in [3.8, 4) is 0 Å². The molecule has 0 N–H and O–H groups in total. The average molecular weight is 208 g/mol. The van der Waals surface area contributed by atoms with Crippen molar-refractivity contribution in [1.82, 2.24) is 0 Å². The fourth-order valence-corrected chi connectivity index (χ4v) is 2.26. The van der Waals surface area contributed by atoms with Gasteiger partial charge in [-0.05, 0) is 26.2 Å². The summed E-state index contributed by atoms with van der Waals surface area (Å²) in [6.07, 6.45) is 4.00. The summed E-state index contributed by atoms with van der Waals surface area (Å²) in [7, 11) is 0. The van der Waals surface area contributed by atoms with E-state index in [2.05, 4.69) is 0 Å². The lowest BCUT2D eigenvalue weighted by molar-refractivity contribution is -0.169. The molecule has 3 aliphatic rings. The maximum absolute atomic E-state index is 11.9. The molecule has 3 heteroatoms. The van der Waals surface area contributed by atoms with Crippen molar-refractivity contribution >= 4 is 11.8 Å². The monoisotopic (exact) mass is 208 g/mol. The molecule has 2 bridgehead atoms. The van der Waals surface area contributed by atoms with Gasteiger partial charge in [-0.25, -0.2) is 0 Å². The molecule has 0 spiro atoms. The lowest BCUT2D eigenvalue weighted by Crippen LogP contribution is -2.44. The van der Waals surface area contributed by atoms with Gasteiger partial charge in [0.15, 0.2) is 5.78 Å². The van der Waals surface area contributed by atoms with Crippen LogP contribution in [0.5, 0.6) is 0 Å². The van der Waals surface area contributed by atoms with Gasteiger partial charge in [0.1, 0.15) is 12.0 Å². The molecule has 0 aromatic carbocycles. The third-order valence-electron chi connectivity index (χ3n) is 3.43. The van der Waals surface area contributed by atoms with E-state index in [0.29, 0.717) is 6.42 Å². The van der Waals surface area contributed by atoms with Crippen LogP contribution in [0.2, 0.25) is 0 Å². The van der Waals surface area contributed by atoms with Gasteiger partial charge in [0, 0.05) is 0 Å².